The Morgan fingerprint density at radius 1 is 1.28 bits per heavy atom. The topological polar surface area (TPSA) is 47.0 Å². The molecule has 0 saturated heterocycles. The van der Waals surface area contributed by atoms with Crippen LogP contribution in [0.5, 0.6) is 5.88 Å². The molecule has 18 heavy (non-hydrogen) atoms. The minimum absolute atomic E-state index is 0.341. The first-order valence-electron chi connectivity index (χ1n) is 6.96. The normalized spacial score (nSPS) is 18.6. The lowest BCUT2D eigenvalue weighted by Crippen LogP contribution is -2.30. The lowest BCUT2D eigenvalue weighted by atomic mass is 9.82. The van der Waals surface area contributed by atoms with E-state index >= 15 is 0 Å². The minimum Gasteiger partial charge on any atom is -0.480 e. The molecular formula is C14H23N3O. The van der Waals surface area contributed by atoms with Gasteiger partial charge in [0.2, 0.25) is 5.88 Å². The van der Waals surface area contributed by atoms with Gasteiger partial charge in [-0.05, 0) is 31.4 Å². The number of ether oxygens (including phenoxy) is 1. The highest BCUT2D eigenvalue weighted by atomic mass is 16.5. The van der Waals surface area contributed by atoms with Crippen molar-refractivity contribution < 1.29 is 4.74 Å². The summed E-state index contributed by atoms with van der Waals surface area (Å²) in [7, 11) is 1.62. The fourth-order valence-electron chi connectivity index (χ4n) is 2.81. The number of methoxy groups -OCH3 is 1. The first-order chi connectivity index (χ1) is 8.85. The Kier molecular flexibility index (Phi) is 4.93. The summed E-state index contributed by atoms with van der Waals surface area (Å²) in [4.78, 5) is 0. The summed E-state index contributed by atoms with van der Waals surface area (Å²) in [5, 5.41) is 12.0. The van der Waals surface area contributed by atoms with Crippen LogP contribution in [0.15, 0.2) is 12.1 Å². The highest BCUT2D eigenvalue weighted by Gasteiger charge is 2.25. The quantitative estimate of drug-likeness (QED) is 0.871. The zero-order valence-electron chi connectivity index (χ0n) is 11.4. The smallest absolute Gasteiger partial charge is 0.233 e. The number of nitrogens with zero attached hydrogens (tertiary/aromatic N) is 2. The van der Waals surface area contributed by atoms with Crippen LogP contribution in [-0.4, -0.2) is 23.9 Å². The molecule has 0 bridgehead atoms. The fourth-order valence-corrected chi connectivity index (χ4v) is 2.81. The van der Waals surface area contributed by atoms with E-state index in [4.69, 9.17) is 4.74 Å². The summed E-state index contributed by atoms with van der Waals surface area (Å²) in [6.45, 7) is 3.11. The second-order valence-electron chi connectivity index (χ2n) is 4.93. The van der Waals surface area contributed by atoms with Crippen molar-refractivity contribution in [3.63, 3.8) is 0 Å². The van der Waals surface area contributed by atoms with E-state index in [1.165, 1.54) is 32.1 Å². The molecule has 1 aliphatic carbocycles. The fraction of sp³-hybridized carbons (Fsp3) is 0.714. The van der Waals surface area contributed by atoms with Gasteiger partial charge in [0.05, 0.1) is 18.8 Å². The first kappa shape index (κ1) is 13.3. The van der Waals surface area contributed by atoms with Crippen molar-refractivity contribution in [2.75, 3.05) is 13.7 Å². The van der Waals surface area contributed by atoms with Crippen LogP contribution in [0.1, 0.15) is 50.8 Å². The Morgan fingerprint density at radius 3 is 2.61 bits per heavy atom. The molecule has 1 aromatic heterocycles. The molecule has 4 heteroatoms. The maximum Gasteiger partial charge on any atom is 0.233 e. The van der Waals surface area contributed by atoms with Crippen LogP contribution in [0.3, 0.4) is 0 Å². The van der Waals surface area contributed by atoms with E-state index < -0.39 is 0 Å². The minimum atomic E-state index is 0.341. The number of hydrogen-bond donors (Lipinski definition) is 1. The third-order valence-electron chi connectivity index (χ3n) is 3.73. The summed E-state index contributed by atoms with van der Waals surface area (Å²) >= 11 is 0. The van der Waals surface area contributed by atoms with Gasteiger partial charge in [0.15, 0.2) is 0 Å². The van der Waals surface area contributed by atoms with Crippen LogP contribution >= 0.6 is 0 Å². The van der Waals surface area contributed by atoms with Gasteiger partial charge in [-0.3, -0.25) is 0 Å². The van der Waals surface area contributed by atoms with Gasteiger partial charge in [0, 0.05) is 6.07 Å². The number of nitrogens with one attached hydrogen (secondary N) is 1. The second-order valence-corrected chi connectivity index (χ2v) is 4.93. The van der Waals surface area contributed by atoms with Crippen molar-refractivity contribution in [1.82, 2.24) is 15.5 Å². The third-order valence-corrected chi connectivity index (χ3v) is 3.73. The van der Waals surface area contributed by atoms with Gasteiger partial charge in [0.25, 0.3) is 0 Å². The molecule has 1 aromatic rings. The summed E-state index contributed by atoms with van der Waals surface area (Å²) < 4.78 is 5.06. The van der Waals surface area contributed by atoms with Crippen LogP contribution in [0, 0.1) is 5.92 Å². The molecule has 1 N–H and O–H groups in total. The Morgan fingerprint density at radius 2 is 2.06 bits per heavy atom. The van der Waals surface area contributed by atoms with Crippen LogP contribution in [0.25, 0.3) is 0 Å². The third kappa shape index (κ3) is 3.19. The highest BCUT2D eigenvalue weighted by molar-refractivity contribution is 5.15. The number of rotatable bonds is 5. The number of hydrogen-bond acceptors (Lipinski definition) is 4. The Labute approximate surface area is 109 Å². The van der Waals surface area contributed by atoms with Crippen LogP contribution in [-0.2, 0) is 0 Å². The molecule has 4 nitrogen and oxygen atoms in total. The van der Waals surface area contributed by atoms with Crippen molar-refractivity contribution >= 4 is 0 Å². The van der Waals surface area contributed by atoms with Crippen LogP contribution in [0.2, 0.25) is 0 Å². The highest BCUT2D eigenvalue weighted by Crippen LogP contribution is 2.33. The Hall–Kier alpha value is -1.16. The first-order valence-corrected chi connectivity index (χ1v) is 6.96. The van der Waals surface area contributed by atoms with E-state index in [0.717, 1.165) is 12.2 Å². The molecule has 100 valence electrons. The van der Waals surface area contributed by atoms with E-state index in [1.54, 1.807) is 7.11 Å². The molecule has 1 aliphatic rings. The molecule has 2 rings (SSSR count). The molecule has 1 fully saturated rings. The SMILES string of the molecule is CCNC(c1ccc(OC)nn1)C1CCCCC1. The molecule has 0 aliphatic heterocycles. The number of aromatic nitrogens is 2. The van der Waals surface area contributed by atoms with Gasteiger partial charge >= 0.3 is 0 Å². The average molecular weight is 249 g/mol. The Balaban J connectivity index is 2.11. The van der Waals surface area contributed by atoms with Gasteiger partial charge in [-0.2, -0.15) is 5.10 Å². The van der Waals surface area contributed by atoms with E-state index in [0.29, 0.717) is 17.8 Å². The van der Waals surface area contributed by atoms with Crippen molar-refractivity contribution in [2.45, 2.75) is 45.1 Å². The lowest BCUT2D eigenvalue weighted by molar-refractivity contribution is 0.268. The lowest BCUT2D eigenvalue weighted by Gasteiger charge is -2.30. The van der Waals surface area contributed by atoms with Gasteiger partial charge in [-0.15, -0.1) is 5.10 Å². The molecule has 0 radical (unpaired) electrons. The summed E-state index contributed by atoms with van der Waals surface area (Å²) in [6.07, 6.45) is 6.66. The summed E-state index contributed by atoms with van der Waals surface area (Å²) in [6, 6.07) is 4.28. The molecule has 1 atom stereocenters. The van der Waals surface area contributed by atoms with E-state index in [1.807, 2.05) is 12.1 Å². The van der Waals surface area contributed by atoms with Crippen molar-refractivity contribution in [1.29, 1.82) is 0 Å². The van der Waals surface area contributed by atoms with Crippen molar-refractivity contribution in [3.05, 3.63) is 17.8 Å². The van der Waals surface area contributed by atoms with Gasteiger partial charge < -0.3 is 10.1 Å². The van der Waals surface area contributed by atoms with Crippen molar-refractivity contribution in [2.24, 2.45) is 5.92 Å². The van der Waals surface area contributed by atoms with Crippen LogP contribution < -0.4 is 10.1 Å². The molecule has 0 spiro atoms. The predicted octanol–water partition coefficient (Wildman–Crippen LogP) is 2.72. The summed E-state index contributed by atoms with van der Waals surface area (Å²) in [5.74, 6) is 1.28. The Bertz CT molecular complexity index is 347. The zero-order chi connectivity index (χ0) is 12.8. The molecular weight excluding hydrogens is 226 g/mol. The molecule has 1 unspecified atom stereocenters. The average Bonchev–Trinajstić information content (AvgIpc) is 2.46. The van der Waals surface area contributed by atoms with Gasteiger partial charge in [-0.25, -0.2) is 0 Å². The predicted molar refractivity (Wildman–Crippen MR) is 71.6 cm³/mol. The molecule has 1 saturated carbocycles. The van der Waals surface area contributed by atoms with E-state index in [2.05, 4.69) is 22.4 Å². The van der Waals surface area contributed by atoms with E-state index in [9.17, 15) is 0 Å². The zero-order valence-corrected chi connectivity index (χ0v) is 11.4. The maximum absolute atomic E-state index is 5.06. The molecule has 1 heterocycles. The second kappa shape index (κ2) is 6.69. The molecule has 0 aromatic carbocycles. The van der Waals surface area contributed by atoms with E-state index in [-0.39, 0.29) is 0 Å². The standard InChI is InChI=1S/C14H23N3O/c1-3-15-14(11-7-5-4-6-8-11)12-9-10-13(18-2)17-16-12/h9-11,14-15H,3-8H2,1-2H3. The summed E-state index contributed by atoms with van der Waals surface area (Å²) in [5.41, 5.74) is 1.05. The monoisotopic (exact) mass is 249 g/mol. The maximum atomic E-state index is 5.06. The van der Waals surface area contributed by atoms with Crippen LogP contribution in [0.4, 0.5) is 0 Å². The van der Waals surface area contributed by atoms with Gasteiger partial charge in [0.1, 0.15) is 0 Å². The van der Waals surface area contributed by atoms with Gasteiger partial charge in [-0.1, -0.05) is 26.2 Å². The largest absolute Gasteiger partial charge is 0.480 e. The molecule has 0 amide bonds. The van der Waals surface area contributed by atoms with Crippen molar-refractivity contribution in [3.8, 4) is 5.88 Å².